The van der Waals surface area contributed by atoms with Gasteiger partial charge in [-0.25, -0.2) is 4.90 Å². The van der Waals surface area contributed by atoms with Crippen molar-refractivity contribution in [2.45, 2.75) is 10.2 Å². The Labute approximate surface area is 222 Å². The molecule has 0 unspecified atom stereocenters. The van der Waals surface area contributed by atoms with Gasteiger partial charge in [0, 0.05) is 17.2 Å². The van der Waals surface area contributed by atoms with Gasteiger partial charge in [-0.15, -0.1) is 0 Å². The highest BCUT2D eigenvalue weighted by Gasteiger charge is 2.67. The van der Waals surface area contributed by atoms with Gasteiger partial charge in [0.2, 0.25) is 11.8 Å². The summed E-state index contributed by atoms with van der Waals surface area (Å²) in [4.78, 5) is 42.4. The van der Waals surface area contributed by atoms with Crippen molar-refractivity contribution in [2.24, 2.45) is 11.8 Å². The fraction of sp³-hybridized carbons (Fsp3) is 0.129. The number of benzene rings is 4. The molecule has 1 saturated heterocycles. The highest BCUT2D eigenvalue weighted by Crippen LogP contribution is 2.66. The van der Waals surface area contributed by atoms with Gasteiger partial charge in [0.25, 0.3) is 5.91 Å². The molecule has 4 aromatic rings. The standard InChI is InChI=1S/C31H21BrN2O3/c32-31-23-15-6-4-13-21(23)25(22-14-5-7-16-24(22)31)26-27(31)30(37)34(29(26)36)20-12-8-9-18(17-20)28(35)33-19-10-2-1-3-11-19/h1-17,25-27H,(H,33,35)/t25?,26-,27+,31?/m1/s1. The molecule has 37 heavy (non-hydrogen) atoms. The minimum absolute atomic E-state index is 0.206. The van der Waals surface area contributed by atoms with Gasteiger partial charge in [-0.2, -0.15) is 0 Å². The van der Waals surface area contributed by atoms with Crippen LogP contribution in [0.25, 0.3) is 0 Å². The van der Waals surface area contributed by atoms with E-state index in [0.29, 0.717) is 16.9 Å². The van der Waals surface area contributed by atoms with Crippen LogP contribution in [0, 0.1) is 11.8 Å². The van der Waals surface area contributed by atoms with Crippen LogP contribution in [0.3, 0.4) is 0 Å². The molecule has 180 valence electrons. The van der Waals surface area contributed by atoms with E-state index >= 15 is 0 Å². The Morgan fingerprint density at radius 3 is 2.05 bits per heavy atom. The molecule has 2 bridgehead atoms. The lowest BCUT2D eigenvalue weighted by Crippen LogP contribution is -2.50. The molecule has 0 saturated carbocycles. The van der Waals surface area contributed by atoms with Crippen molar-refractivity contribution in [1.29, 1.82) is 0 Å². The largest absolute Gasteiger partial charge is 0.322 e. The van der Waals surface area contributed by atoms with Crippen LogP contribution in [0.5, 0.6) is 0 Å². The SMILES string of the molecule is O=C(Nc1ccccc1)c1cccc(N2C(=O)[C@@H]3C4c5ccccc5C(Br)(c5ccccc54)[C@@H]3C2=O)c1. The van der Waals surface area contributed by atoms with Crippen molar-refractivity contribution in [2.75, 3.05) is 10.2 Å². The van der Waals surface area contributed by atoms with Crippen LogP contribution >= 0.6 is 15.9 Å². The molecule has 6 heteroatoms. The quantitative estimate of drug-likeness (QED) is 0.258. The molecule has 2 atom stereocenters. The van der Waals surface area contributed by atoms with Crippen molar-refractivity contribution < 1.29 is 14.4 Å². The van der Waals surface area contributed by atoms with Crippen molar-refractivity contribution in [1.82, 2.24) is 0 Å². The number of halogens is 1. The van der Waals surface area contributed by atoms with Gasteiger partial charge in [-0.05, 0) is 52.6 Å². The van der Waals surface area contributed by atoms with E-state index in [1.807, 2.05) is 42.5 Å². The summed E-state index contributed by atoms with van der Waals surface area (Å²) in [6.07, 6.45) is 0. The van der Waals surface area contributed by atoms with Crippen molar-refractivity contribution in [3.05, 3.63) is 131 Å². The number of hydrogen-bond acceptors (Lipinski definition) is 3. The summed E-state index contributed by atoms with van der Waals surface area (Å²) < 4.78 is -0.802. The molecular weight excluding hydrogens is 528 g/mol. The molecule has 4 aromatic carbocycles. The van der Waals surface area contributed by atoms with Crippen molar-refractivity contribution in [3.63, 3.8) is 0 Å². The molecular formula is C31H21BrN2O3. The molecule has 8 rings (SSSR count). The molecule has 1 aliphatic heterocycles. The van der Waals surface area contributed by atoms with E-state index in [0.717, 1.165) is 22.3 Å². The summed E-state index contributed by atoms with van der Waals surface area (Å²) in [5, 5.41) is 2.87. The number of anilines is 2. The molecule has 1 heterocycles. The zero-order valence-electron chi connectivity index (χ0n) is 19.6. The van der Waals surface area contributed by atoms with Crippen molar-refractivity contribution in [3.8, 4) is 0 Å². The summed E-state index contributed by atoms with van der Waals surface area (Å²) in [5.41, 5.74) is 5.70. The first-order chi connectivity index (χ1) is 18.0. The maximum absolute atomic E-state index is 14.1. The van der Waals surface area contributed by atoms with Crippen LogP contribution in [-0.2, 0) is 13.9 Å². The lowest BCUT2D eigenvalue weighted by molar-refractivity contribution is -0.122. The number of carbonyl (C=O) groups excluding carboxylic acids is 3. The normalized spacial score (nSPS) is 24.9. The van der Waals surface area contributed by atoms with Crippen LogP contribution in [0.4, 0.5) is 11.4 Å². The van der Waals surface area contributed by atoms with E-state index in [9.17, 15) is 14.4 Å². The van der Waals surface area contributed by atoms with Gasteiger partial charge in [0.1, 0.15) is 0 Å². The predicted octanol–water partition coefficient (Wildman–Crippen LogP) is 5.84. The summed E-state index contributed by atoms with van der Waals surface area (Å²) in [6.45, 7) is 0. The van der Waals surface area contributed by atoms with Crippen LogP contribution in [-0.4, -0.2) is 17.7 Å². The van der Waals surface area contributed by atoms with Gasteiger partial charge < -0.3 is 5.32 Å². The first-order valence-corrected chi connectivity index (χ1v) is 13.0. The van der Waals surface area contributed by atoms with Gasteiger partial charge >= 0.3 is 0 Å². The first-order valence-electron chi connectivity index (χ1n) is 12.2. The van der Waals surface area contributed by atoms with E-state index in [1.165, 1.54) is 4.90 Å². The number of nitrogens with zero attached hydrogens (tertiary/aromatic N) is 1. The third kappa shape index (κ3) is 2.99. The Bertz CT molecular complexity index is 1570. The number of imide groups is 1. The lowest BCUT2D eigenvalue weighted by Gasteiger charge is -2.51. The molecule has 0 radical (unpaired) electrons. The zero-order valence-corrected chi connectivity index (χ0v) is 21.2. The molecule has 5 nitrogen and oxygen atoms in total. The van der Waals surface area contributed by atoms with E-state index in [2.05, 4.69) is 45.5 Å². The molecule has 0 spiro atoms. The minimum Gasteiger partial charge on any atom is -0.322 e. The lowest BCUT2D eigenvalue weighted by atomic mass is 9.55. The maximum atomic E-state index is 14.1. The zero-order chi connectivity index (χ0) is 25.3. The predicted molar refractivity (Wildman–Crippen MR) is 145 cm³/mol. The monoisotopic (exact) mass is 548 g/mol. The minimum atomic E-state index is -0.802. The number of para-hydroxylation sites is 1. The molecule has 1 N–H and O–H groups in total. The number of rotatable bonds is 3. The highest BCUT2D eigenvalue weighted by molar-refractivity contribution is 9.09. The number of alkyl halides is 1. The van der Waals surface area contributed by atoms with Crippen LogP contribution < -0.4 is 10.2 Å². The Balaban J connectivity index is 1.31. The molecule has 1 fully saturated rings. The summed E-state index contributed by atoms with van der Waals surface area (Å²) in [7, 11) is 0. The fourth-order valence-corrected chi connectivity index (χ4v) is 7.65. The van der Waals surface area contributed by atoms with Gasteiger partial charge in [-0.1, -0.05) is 88.7 Å². The van der Waals surface area contributed by atoms with E-state index in [4.69, 9.17) is 0 Å². The third-order valence-corrected chi connectivity index (χ3v) is 9.26. The summed E-state index contributed by atoms with van der Waals surface area (Å²) >= 11 is 4.02. The van der Waals surface area contributed by atoms with E-state index < -0.39 is 16.2 Å². The van der Waals surface area contributed by atoms with Gasteiger partial charge in [0.15, 0.2) is 0 Å². The smallest absolute Gasteiger partial charge is 0.255 e. The third-order valence-electron chi connectivity index (χ3n) is 7.91. The van der Waals surface area contributed by atoms with E-state index in [-0.39, 0.29) is 23.6 Å². The van der Waals surface area contributed by atoms with Crippen molar-refractivity contribution >= 4 is 45.0 Å². The molecule has 4 aliphatic rings. The average molecular weight is 549 g/mol. The van der Waals surface area contributed by atoms with Crippen LogP contribution in [0.15, 0.2) is 103 Å². The first kappa shape index (κ1) is 22.2. The van der Waals surface area contributed by atoms with Crippen LogP contribution in [0.1, 0.15) is 38.5 Å². The topological polar surface area (TPSA) is 66.5 Å². The second-order valence-corrected chi connectivity index (χ2v) is 11.0. The Morgan fingerprint density at radius 2 is 1.38 bits per heavy atom. The summed E-state index contributed by atoms with van der Waals surface area (Å²) in [5.74, 6) is -2.10. The second-order valence-electron chi connectivity index (χ2n) is 9.75. The number of nitrogens with one attached hydrogen (secondary N) is 1. The molecule has 0 aromatic heterocycles. The Kier molecular flexibility index (Phi) is 4.79. The molecule has 3 amide bonds. The number of hydrogen-bond donors (Lipinski definition) is 1. The number of carbonyl (C=O) groups is 3. The Morgan fingerprint density at radius 1 is 0.757 bits per heavy atom. The average Bonchev–Trinajstić information content (AvgIpc) is 3.20. The Hall–Kier alpha value is -4.03. The second kappa shape index (κ2) is 7.98. The highest BCUT2D eigenvalue weighted by atomic mass is 79.9. The number of amides is 3. The van der Waals surface area contributed by atoms with E-state index in [1.54, 1.807) is 36.4 Å². The fourth-order valence-electron chi connectivity index (χ4n) is 6.44. The molecule has 3 aliphatic carbocycles. The maximum Gasteiger partial charge on any atom is 0.255 e. The van der Waals surface area contributed by atoms with Gasteiger partial charge in [0.05, 0.1) is 21.8 Å². The summed E-state index contributed by atoms with van der Waals surface area (Å²) in [6, 6.07) is 32.1. The van der Waals surface area contributed by atoms with Gasteiger partial charge in [-0.3, -0.25) is 14.4 Å². The van der Waals surface area contributed by atoms with Crippen LogP contribution in [0.2, 0.25) is 0 Å².